The summed E-state index contributed by atoms with van der Waals surface area (Å²) < 4.78 is 35.8. The molecule has 36 heavy (non-hydrogen) atoms. The number of fused-ring (bicyclic) bond motifs is 2. The molecule has 6 rings (SSSR count). The number of anilines is 2. The molecule has 180 valence electrons. The van der Waals surface area contributed by atoms with Gasteiger partial charge in [0.15, 0.2) is 18.4 Å². The minimum atomic E-state index is -0.501. The molecule has 0 atom stereocenters. The highest BCUT2D eigenvalue weighted by Crippen LogP contribution is 2.39. The van der Waals surface area contributed by atoms with E-state index in [-0.39, 0.29) is 5.69 Å². The lowest BCUT2D eigenvalue weighted by molar-refractivity contribution is -0.450. The third-order valence-electron chi connectivity index (χ3n) is 5.82. The lowest BCUT2D eigenvalue weighted by atomic mass is 10.1. The molecular formula is C25H21FN7O3+. The molecule has 3 aromatic heterocycles. The number of aromatic nitrogens is 5. The molecule has 0 saturated carbocycles. The van der Waals surface area contributed by atoms with Crippen molar-refractivity contribution >= 4 is 40.0 Å². The molecule has 10 nitrogen and oxygen atoms in total. The van der Waals surface area contributed by atoms with E-state index in [4.69, 9.17) is 14.2 Å². The van der Waals surface area contributed by atoms with E-state index in [0.717, 1.165) is 5.69 Å². The molecule has 4 heterocycles. The monoisotopic (exact) mass is 486 g/mol. The van der Waals surface area contributed by atoms with Crippen LogP contribution in [0.5, 0.6) is 17.2 Å². The van der Waals surface area contributed by atoms with Crippen LogP contribution in [-0.2, 0) is 4.74 Å². The third kappa shape index (κ3) is 4.05. The highest BCUT2D eigenvalue weighted by molar-refractivity contribution is 5.98. The van der Waals surface area contributed by atoms with Gasteiger partial charge in [-0.1, -0.05) is 0 Å². The topological polar surface area (TPSA) is 98.7 Å². The largest absolute Gasteiger partial charge is 0.490 e. The molecule has 0 radical (unpaired) electrons. The molecular weight excluding hydrogens is 465 g/mol. The number of nitrogens with zero attached hydrogens (tertiary/aromatic N) is 6. The van der Waals surface area contributed by atoms with Gasteiger partial charge < -0.3 is 19.5 Å². The van der Waals surface area contributed by atoms with Crippen molar-refractivity contribution in [3.8, 4) is 17.2 Å². The van der Waals surface area contributed by atoms with Crippen LogP contribution in [0, 0.1) is 5.82 Å². The van der Waals surface area contributed by atoms with Crippen molar-refractivity contribution in [1.29, 1.82) is 0 Å². The van der Waals surface area contributed by atoms with Gasteiger partial charge in [-0.2, -0.15) is 9.67 Å². The molecule has 0 fully saturated rings. The molecule has 1 N–H and O–H groups in total. The number of ether oxygens (including phenoxy) is 3. The molecule has 0 bridgehead atoms. The Kier molecular flexibility index (Phi) is 5.58. The van der Waals surface area contributed by atoms with Crippen LogP contribution in [0.3, 0.4) is 0 Å². The third-order valence-corrected chi connectivity index (χ3v) is 5.82. The lowest BCUT2D eigenvalue weighted by Gasteiger charge is -2.15. The Bertz CT molecular complexity index is 1620. The predicted molar refractivity (Wildman–Crippen MR) is 131 cm³/mol. The first-order valence-electron chi connectivity index (χ1n) is 11.2. The fraction of sp³-hybridized carbons (Fsp3) is 0.160. The Morgan fingerprint density at radius 2 is 1.97 bits per heavy atom. The van der Waals surface area contributed by atoms with Gasteiger partial charge in [-0.15, -0.1) is 0 Å². The fourth-order valence-electron chi connectivity index (χ4n) is 4.12. The van der Waals surface area contributed by atoms with Gasteiger partial charge in [0, 0.05) is 24.4 Å². The average molecular weight is 486 g/mol. The highest BCUT2D eigenvalue weighted by atomic mass is 19.1. The van der Waals surface area contributed by atoms with Crippen molar-refractivity contribution in [3.63, 3.8) is 0 Å². The van der Waals surface area contributed by atoms with Crippen molar-refractivity contribution in [2.24, 2.45) is 0 Å². The van der Waals surface area contributed by atoms with E-state index in [1.165, 1.54) is 18.7 Å². The average Bonchev–Trinajstić information content (AvgIpc) is 3.38. The molecule has 2 aromatic carbocycles. The van der Waals surface area contributed by atoms with Gasteiger partial charge in [0.2, 0.25) is 11.4 Å². The molecule has 1 aliphatic heterocycles. The summed E-state index contributed by atoms with van der Waals surface area (Å²) in [6.45, 7) is 1.82. The molecule has 11 heteroatoms. The summed E-state index contributed by atoms with van der Waals surface area (Å²) in [5, 5.41) is 7.80. The van der Waals surface area contributed by atoms with E-state index in [0.29, 0.717) is 59.4 Å². The number of pyridine rings is 1. The second-order valence-corrected chi connectivity index (χ2v) is 7.98. The van der Waals surface area contributed by atoms with Gasteiger partial charge in [-0.05, 0) is 24.3 Å². The van der Waals surface area contributed by atoms with E-state index < -0.39 is 5.82 Å². The van der Waals surface area contributed by atoms with E-state index in [9.17, 15) is 0 Å². The van der Waals surface area contributed by atoms with Crippen LogP contribution < -0.4 is 14.8 Å². The van der Waals surface area contributed by atoms with Crippen molar-refractivity contribution < 1.29 is 23.2 Å². The second kappa shape index (κ2) is 9.19. The van der Waals surface area contributed by atoms with Gasteiger partial charge in [-0.3, -0.25) is 0 Å². The van der Waals surface area contributed by atoms with Crippen LogP contribution in [0.4, 0.5) is 21.6 Å². The van der Waals surface area contributed by atoms with Crippen LogP contribution in [0.2, 0.25) is 0 Å². The number of rotatable bonds is 6. The quantitative estimate of drug-likeness (QED) is 0.358. The fourth-order valence-corrected chi connectivity index (χ4v) is 4.12. The maximum Gasteiger partial charge on any atom is 0.248 e. The summed E-state index contributed by atoms with van der Waals surface area (Å²) in [6.07, 6.45) is 6.57. The molecule has 0 saturated heterocycles. The minimum Gasteiger partial charge on any atom is -0.490 e. The van der Waals surface area contributed by atoms with Crippen LogP contribution in [0.1, 0.15) is 0 Å². The van der Waals surface area contributed by atoms with Crippen LogP contribution in [0.15, 0.2) is 61.3 Å². The summed E-state index contributed by atoms with van der Waals surface area (Å²) in [6, 6.07) is 11.9. The number of halogens is 1. The Morgan fingerprint density at radius 3 is 2.81 bits per heavy atom. The summed E-state index contributed by atoms with van der Waals surface area (Å²) in [5.74, 6) is 1.39. The van der Waals surface area contributed by atoms with Crippen molar-refractivity contribution in [3.05, 3.63) is 67.1 Å². The number of benzene rings is 2. The zero-order valence-corrected chi connectivity index (χ0v) is 19.3. The number of hydrogen-bond donors (Lipinski definition) is 1. The Hall–Kier alpha value is -4.64. The first-order valence-corrected chi connectivity index (χ1v) is 11.2. The summed E-state index contributed by atoms with van der Waals surface area (Å²) in [5.41, 5.74) is 2.40. The Labute approximate surface area is 204 Å². The van der Waals surface area contributed by atoms with Crippen LogP contribution in [-0.4, -0.2) is 62.2 Å². The van der Waals surface area contributed by atoms with Crippen LogP contribution >= 0.6 is 0 Å². The standard InChI is InChI=1S/C25H21FN7O3/c1-34-24-21(32-8-10-35-11-9-32)5-4-20-23(24)25(29-14-27-20)31-19-3-2-16(12-18(19)26)36-17-6-7-33-22(13-17)28-15-30-33/h2-8,12-15H,9-11H2,1H3,(H,27,29,31)/q+1. The minimum absolute atomic E-state index is 0.237. The van der Waals surface area contributed by atoms with Crippen molar-refractivity contribution in [2.75, 3.05) is 32.2 Å². The van der Waals surface area contributed by atoms with Crippen molar-refractivity contribution in [1.82, 2.24) is 24.6 Å². The number of nitrogens with one attached hydrogen (secondary N) is 1. The van der Waals surface area contributed by atoms with Gasteiger partial charge in [0.05, 0.1) is 23.7 Å². The normalized spacial score (nSPS) is 13.6. The van der Waals surface area contributed by atoms with E-state index in [1.807, 2.05) is 18.3 Å². The molecule has 1 aliphatic rings. The number of hydrogen-bond acceptors (Lipinski definition) is 8. The Morgan fingerprint density at radius 1 is 1.06 bits per heavy atom. The highest BCUT2D eigenvalue weighted by Gasteiger charge is 2.23. The zero-order valence-electron chi connectivity index (χ0n) is 19.3. The van der Waals surface area contributed by atoms with E-state index in [1.54, 1.807) is 42.1 Å². The molecule has 0 aliphatic carbocycles. The Balaban J connectivity index is 1.32. The summed E-state index contributed by atoms with van der Waals surface area (Å²) >= 11 is 0. The maximum absolute atomic E-state index is 15.1. The van der Waals surface area contributed by atoms with Gasteiger partial charge in [0.1, 0.15) is 49.0 Å². The lowest BCUT2D eigenvalue weighted by Crippen LogP contribution is -2.23. The van der Waals surface area contributed by atoms with E-state index in [2.05, 4.69) is 29.9 Å². The predicted octanol–water partition coefficient (Wildman–Crippen LogP) is 4.10. The first kappa shape index (κ1) is 21.9. The molecule has 0 spiro atoms. The van der Waals surface area contributed by atoms with Gasteiger partial charge in [0.25, 0.3) is 0 Å². The zero-order chi connectivity index (χ0) is 24.5. The first-order chi connectivity index (χ1) is 17.7. The summed E-state index contributed by atoms with van der Waals surface area (Å²) in [7, 11) is 1.60. The SMILES string of the molecule is COc1c([N+]2=CCOCC2)ccc2ncnc(Nc3ccc(Oc4ccn5ncnc5c4)cc3F)c12. The molecule has 0 amide bonds. The maximum atomic E-state index is 15.1. The smallest absolute Gasteiger partial charge is 0.248 e. The van der Waals surface area contributed by atoms with Gasteiger partial charge >= 0.3 is 0 Å². The second-order valence-electron chi connectivity index (χ2n) is 7.98. The van der Waals surface area contributed by atoms with Gasteiger partial charge in [-0.25, -0.2) is 23.9 Å². The van der Waals surface area contributed by atoms with E-state index >= 15 is 4.39 Å². The van der Waals surface area contributed by atoms with Crippen molar-refractivity contribution in [2.45, 2.75) is 0 Å². The molecule has 5 aromatic rings. The number of methoxy groups -OCH3 is 1. The molecule has 0 unspecified atom stereocenters. The summed E-state index contributed by atoms with van der Waals surface area (Å²) in [4.78, 5) is 12.9. The van der Waals surface area contributed by atoms with Crippen LogP contribution in [0.25, 0.3) is 16.6 Å².